The van der Waals surface area contributed by atoms with Gasteiger partial charge in [0.15, 0.2) is 0 Å². The van der Waals surface area contributed by atoms with E-state index in [1.165, 1.54) is 16.7 Å². The average Bonchev–Trinajstić information content (AvgIpc) is 1.85. The first-order chi connectivity index (χ1) is 5.37. The van der Waals surface area contributed by atoms with Gasteiger partial charge in [-0.2, -0.15) is 0 Å². The monoisotopic (exact) mass is 167 g/mol. The highest BCUT2D eigenvalue weighted by Crippen LogP contribution is 2.21. The smallest absolute Gasteiger partial charge is 0.0334 e. The Kier molecular flexibility index (Phi) is 4.08. The summed E-state index contributed by atoms with van der Waals surface area (Å²) in [6, 6.07) is 0. The second kappa shape index (κ2) is 4.34. The van der Waals surface area contributed by atoms with Crippen LogP contribution in [0.2, 0.25) is 0 Å². The third kappa shape index (κ3) is 2.72. The van der Waals surface area contributed by atoms with Gasteiger partial charge in [-0.3, -0.25) is 0 Å². The Labute approximate surface area is 76.3 Å². The maximum absolute atomic E-state index is 5.98. The molecule has 0 saturated carbocycles. The standard InChI is InChI=1S/C11H21N/c1-7(2)10(8(3)4)11(12)9(5)6/h7H,12H2,1-6H3. The minimum atomic E-state index is 0.518. The summed E-state index contributed by atoms with van der Waals surface area (Å²) in [5, 5.41) is 0. The van der Waals surface area contributed by atoms with Crippen molar-refractivity contribution in [3.05, 3.63) is 22.4 Å². The molecule has 1 nitrogen and oxygen atoms in total. The van der Waals surface area contributed by atoms with Crippen molar-refractivity contribution in [3.8, 4) is 0 Å². The number of nitrogens with two attached hydrogens (primary N) is 1. The molecule has 0 heterocycles. The topological polar surface area (TPSA) is 26.0 Å². The molecule has 12 heavy (non-hydrogen) atoms. The molecular formula is C11H21N. The highest BCUT2D eigenvalue weighted by atomic mass is 14.6. The van der Waals surface area contributed by atoms with Crippen LogP contribution < -0.4 is 5.73 Å². The predicted molar refractivity (Wildman–Crippen MR) is 55.8 cm³/mol. The molecule has 0 aromatic rings. The van der Waals surface area contributed by atoms with E-state index in [4.69, 9.17) is 5.73 Å². The van der Waals surface area contributed by atoms with Gasteiger partial charge in [-0.1, -0.05) is 25.0 Å². The first-order valence-corrected chi connectivity index (χ1v) is 4.48. The summed E-state index contributed by atoms with van der Waals surface area (Å²) in [6.45, 7) is 12.7. The van der Waals surface area contributed by atoms with Crippen molar-refractivity contribution in [2.24, 2.45) is 11.7 Å². The Balaban J connectivity index is 5.07. The lowest BCUT2D eigenvalue weighted by atomic mass is 9.94. The van der Waals surface area contributed by atoms with E-state index in [2.05, 4.69) is 41.5 Å². The molecule has 0 rings (SSSR count). The lowest BCUT2D eigenvalue weighted by Crippen LogP contribution is -2.09. The van der Waals surface area contributed by atoms with Crippen molar-refractivity contribution in [2.45, 2.75) is 41.5 Å². The molecule has 0 fully saturated rings. The van der Waals surface area contributed by atoms with Crippen LogP contribution in [0.3, 0.4) is 0 Å². The van der Waals surface area contributed by atoms with E-state index >= 15 is 0 Å². The second-order valence-electron chi connectivity index (χ2n) is 3.98. The Bertz CT molecular complexity index is 211. The normalized spacial score (nSPS) is 9.92. The molecule has 0 aliphatic heterocycles. The van der Waals surface area contributed by atoms with Gasteiger partial charge in [0.05, 0.1) is 0 Å². The first kappa shape index (κ1) is 11.3. The largest absolute Gasteiger partial charge is 0.399 e. The number of hydrogen-bond donors (Lipinski definition) is 1. The first-order valence-electron chi connectivity index (χ1n) is 4.48. The molecule has 0 aromatic carbocycles. The molecule has 70 valence electrons. The maximum atomic E-state index is 5.98. The minimum absolute atomic E-state index is 0.518. The van der Waals surface area contributed by atoms with Gasteiger partial charge in [0.1, 0.15) is 0 Å². The van der Waals surface area contributed by atoms with Gasteiger partial charge in [-0.05, 0) is 39.2 Å². The fraction of sp³-hybridized carbons (Fsp3) is 0.636. The van der Waals surface area contributed by atoms with E-state index in [1.807, 2.05) is 0 Å². The third-order valence-electron chi connectivity index (χ3n) is 1.94. The summed E-state index contributed by atoms with van der Waals surface area (Å²) in [4.78, 5) is 0. The van der Waals surface area contributed by atoms with Crippen LogP contribution in [0, 0.1) is 5.92 Å². The van der Waals surface area contributed by atoms with Gasteiger partial charge in [0.25, 0.3) is 0 Å². The molecule has 0 aliphatic carbocycles. The summed E-state index contributed by atoms with van der Waals surface area (Å²) in [6.07, 6.45) is 0. The predicted octanol–water partition coefficient (Wildman–Crippen LogP) is 3.23. The molecule has 0 atom stereocenters. The Morgan fingerprint density at radius 2 is 1.33 bits per heavy atom. The lowest BCUT2D eigenvalue weighted by molar-refractivity contribution is 0.758. The number of hydrogen-bond acceptors (Lipinski definition) is 1. The summed E-state index contributed by atoms with van der Waals surface area (Å²) in [7, 11) is 0. The molecule has 0 unspecified atom stereocenters. The highest BCUT2D eigenvalue weighted by molar-refractivity contribution is 5.35. The van der Waals surface area contributed by atoms with Gasteiger partial charge < -0.3 is 5.73 Å². The third-order valence-corrected chi connectivity index (χ3v) is 1.94. The van der Waals surface area contributed by atoms with E-state index in [9.17, 15) is 0 Å². The minimum Gasteiger partial charge on any atom is -0.399 e. The van der Waals surface area contributed by atoms with Gasteiger partial charge in [0.2, 0.25) is 0 Å². The Morgan fingerprint density at radius 1 is 0.917 bits per heavy atom. The van der Waals surface area contributed by atoms with Gasteiger partial charge in [0, 0.05) is 5.70 Å². The zero-order valence-electron chi connectivity index (χ0n) is 9.15. The number of allylic oxidation sites excluding steroid dienone is 3. The number of rotatable bonds is 2. The van der Waals surface area contributed by atoms with Crippen LogP contribution in [0.15, 0.2) is 22.4 Å². The van der Waals surface area contributed by atoms with Crippen molar-refractivity contribution in [3.63, 3.8) is 0 Å². The van der Waals surface area contributed by atoms with Crippen LogP contribution in [-0.4, -0.2) is 0 Å². The summed E-state index contributed by atoms with van der Waals surface area (Å²) < 4.78 is 0. The van der Waals surface area contributed by atoms with E-state index < -0.39 is 0 Å². The van der Waals surface area contributed by atoms with Gasteiger partial charge in [-0.25, -0.2) is 0 Å². The lowest BCUT2D eigenvalue weighted by Gasteiger charge is -2.15. The highest BCUT2D eigenvalue weighted by Gasteiger charge is 2.08. The van der Waals surface area contributed by atoms with Gasteiger partial charge in [-0.15, -0.1) is 0 Å². The van der Waals surface area contributed by atoms with Gasteiger partial charge >= 0.3 is 0 Å². The molecule has 0 spiro atoms. The summed E-state index contributed by atoms with van der Waals surface area (Å²) in [5.41, 5.74) is 10.8. The molecule has 0 saturated heterocycles. The van der Waals surface area contributed by atoms with E-state index in [0.29, 0.717) is 5.92 Å². The molecule has 0 bridgehead atoms. The van der Waals surface area contributed by atoms with E-state index in [1.54, 1.807) is 0 Å². The van der Waals surface area contributed by atoms with Crippen LogP contribution in [-0.2, 0) is 0 Å². The van der Waals surface area contributed by atoms with Crippen molar-refractivity contribution in [2.75, 3.05) is 0 Å². The SMILES string of the molecule is CC(C)=C(N)C(=C(C)C)C(C)C. The Hall–Kier alpha value is -0.720. The van der Waals surface area contributed by atoms with E-state index in [0.717, 1.165) is 5.70 Å². The molecule has 0 amide bonds. The molecule has 1 heteroatoms. The van der Waals surface area contributed by atoms with Crippen molar-refractivity contribution < 1.29 is 0 Å². The van der Waals surface area contributed by atoms with Crippen LogP contribution >= 0.6 is 0 Å². The van der Waals surface area contributed by atoms with Crippen LogP contribution in [0.25, 0.3) is 0 Å². The molecule has 2 N–H and O–H groups in total. The van der Waals surface area contributed by atoms with Crippen LogP contribution in [0.1, 0.15) is 41.5 Å². The molecule has 0 aromatic heterocycles. The fourth-order valence-electron chi connectivity index (χ4n) is 1.43. The summed E-state index contributed by atoms with van der Waals surface area (Å²) >= 11 is 0. The Morgan fingerprint density at radius 3 is 1.42 bits per heavy atom. The maximum Gasteiger partial charge on any atom is 0.0334 e. The van der Waals surface area contributed by atoms with Crippen molar-refractivity contribution in [1.29, 1.82) is 0 Å². The zero-order valence-corrected chi connectivity index (χ0v) is 9.15. The fourth-order valence-corrected chi connectivity index (χ4v) is 1.43. The average molecular weight is 167 g/mol. The molecule has 0 radical (unpaired) electrons. The van der Waals surface area contributed by atoms with E-state index in [-0.39, 0.29) is 0 Å². The zero-order chi connectivity index (χ0) is 9.89. The van der Waals surface area contributed by atoms with Crippen LogP contribution in [0.4, 0.5) is 0 Å². The quantitative estimate of drug-likeness (QED) is 0.628. The summed E-state index contributed by atoms with van der Waals surface area (Å²) in [5.74, 6) is 0.518. The molecule has 0 aliphatic rings. The second-order valence-corrected chi connectivity index (χ2v) is 3.98. The van der Waals surface area contributed by atoms with Crippen LogP contribution in [0.5, 0.6) is 0 Å². The van der Waals surface area contributed by atoms with Crippen molar-refractivity contribution >= 4 is 0 Å². The molecular weight excluding hydrogens is 146 g/mol. The van der Waals surface area contributed by atoms with Crippen molar-refractivity contribution in [1.82, 2.24) is 0 Å².